The molecule has 0 aliphatic carbocycles. The van der Waals surface area contributed by atoms with Crippen molar-refractivity contribution in [1.82, 2.24) is 19.5 Å². The maximum atomic E-state index is 14.7. The minimum atomic E-state index is -0.639. The van der Waals surface area contributed by atoms with Crippen molar-refractivity contribution in [3.8, 4) is 51.0 Å². The Morgan fingerprint density at radius 1 is 0.469 bits per heavy atom. The summed E-state index contributed by atoms with van der Waals surface area (Å²) in [4.78, 5) is 14.8. The van der Waals surface area contributed by atoms with Gasteiger partial charge in [0.1, 0.15) is 11.6 Å². The fraction of sp³-hybridized carbons (Fsp3) is 0.0930. The Morgan fingerprint density at radius 3 is 1.63 bits per heavy atom. The first-order valence-electron chi connectivity index (χ1n) is 16.2. The van der Waals surface area contributed by atoms with E-state index in [1.54, 1.807) is 0 Å². The minimum Gasteiger partial charge on any atom is -0.309 e. The third-order valence-electron chi connectivity index (χ3n) is 8.91. The molecule has 8 aromatic rings. The van der Waals surface area contributed by atoms with Crippen LogP contribution in [0.15, 0.2) is 140 Å². The van der Waals surface area contributed by atoms with Crippen molar-refractivity contribution < 1.29 is 8.78 Å². The van der Waals surface area contributed by atoms with Crippen molar-refractivity contribution >= 4 is 21.8 Å². The zero-order valence-electron chi connectivity index (χ0n) is 27.3. The molecule has 0 N–H and O–H groups in total. The third kappa shape index (κ3) is 5.65. The topological polar surface area (TPSA) is 43.6 Å². The smallest absolute Gasteiger partial charge is 0.164 e. The Morgan fingerprint density at radius 2 is 1.02 bits per heavy atom. The van der Waals surface area contributed by atoms with E-state index in [1.165, 1.54) is 17.7 Å². The first-order chi connectivity index (χ1) is 23.7. The first kappa shape index (κ1) is 30.3. The lowest BCUT2D eigenvalue weighted by Crippen LogP contribution is -2.10. The van der Waals surface area contributed by atoms with Crippen LogP contribution in [-0.4, -0.2) is 19.5 Å². The molecular formula is C43H32F2N4. The Labute approximate surface area is 283 Å². The van der Waals surface area contributed by atoms with Crippen LogP contribution in [0.25, 0.3) is 72.8 Å². The number of halogens is 2. The van der Waals surface area contributed by atoms with E-state index >= 15 is 0 Å². The van der Waals surface area contributed by atoms with E-state index in [4.69, 9.17) is 15.0 Å². The molecule has 0 saturated carbocycles. The SMILES string of the molecule is CC(C)(C)c1ccc2c(c1)c1ccccc1n2-c1cc(-c2nc(-c3ccccc3)nc(-c3ccccc3)n2)ccc1-c1cc(F)cc(F)c1. The fourth-order valence-corrected chi connectivity index (χ4v) is 6.45. The molecule has 0 bridgehead atoms. The summed E-state index contributed by atoms with van der Waals surface area (Å²) in [6.07, 6.45) is 0. The van der Waals surface area contributed by atoms with Gasteiger partial charge in [-0.2, -0.15) is 0 Å². The van der Waals surface area contributed by atoms with Crippen molar-refractivity contribution in [1.29, 1.82) is 0 Å². The Hall–Kier alpha value is -6.01. The molecule has 2 aromatic heterocycles. The molecule has 6 aromatic carbocycles. The number of fused-ring (bicyclic) bond motifs is 3. The predicted octanol–water partition coefficient (Wildman–Crippen LogP) is 11.2. The van der Waals surface area contributed by atoms with Gasteiger partial charge in [-0.3, -0.25) is 0 Å². The van der Waals surface area contributed by atoms with E-state index in [9.17, 15) is 8.78 Å². The van der Waals surface area contributed by atoms with E-state index < -0.39 is 11.6 Å². The summed E-state index contributed by atoms with van der Waals surface area (Å²) < 4.78 is 31.6. The molecule has 0 spiro atoms. The molecule has 4 nitrogen and oxygen atoms in total. The van der Waals surface area contributed by atoms with E-state index in [1.807, 2.05) is 91.0 Å². The zero-order valence-corrected chi connectivity index (χ0v) is 27.3. The molecule has 0 fully saturated rings. The van der Waals surface area contributed by atoms with E-state index in [2.05, 4.69) is 55.7 Å². The van der Waals surface area contributed by atoms with Crippen molar-refractivity contribution in [2.24, 2.45) is 0 Å². The minimum absolute atomic E-state index is 0.0484. The number of hydrogen-bond donors (Lipinski definition) is 0. The van der Waals surface area contributed by atoms with Gasteiger partial charge in [0.05, 0.1) is 16.7 Å². The molecule has 0 aliphatic rings. The van der Waals surface area contributed by atoms with Crippen molar-refractivity contribution in [2.75, 3.05) is 0 Å². The number of para-hydroxylation sites is 1. The standard InChI is InChI=1S/C43H32F2N4/c1-43(2,3)31-19-21-38-36(25-31)35-16-10-11-17-37(35)49(38)39-24-29(18-20-34(39)30-22-32(44)26-33(45)23-30)42-47-40(27-12-6-4-7-13-27)46-41(48-42)28-14-8-5-9-15-28/h4-26H,1-3H3. The molecule has 0 amide bonds. The van der Waals surface area contributed by atoms with Crippen LogP contribution < -0.4 is 0 Å². The summed E-state index contributed by atoms with van der Waals surface area (Å²) in [5.74, 6) is 0.309. The molecule has 0 aliphatic heterocycles. The molecule has 238 valence electrons. The van der Waals surface area contributed by atoms with Crippen molar-refractivity contribution in [3.05, 3.63) is 157 Å². The lowest BCUT2D eigenvalue weighted by atomic mass is 9.86. The maximum absolute atomic E-state index is 14.7. The van der Waals surface area contributed by atoms with Gasteiger partial charge in [0.15, 0.2) is 17.5 Å². The summed E-state index contributed by atoms with van der Waals surface area (Å²) >= 11 is 0. The number of benzene rings is 6. The number of hydrogen-bond acceptors (Lipinski definition) is 3. The van der Waals surface area contributed by atoms with Crippen LogP contribution in [0.3, 0.4) is 0 Å². The third-order valence-corrected chi connectivity index (χ3v) is 8.91. The second-order valence-electron chi connectivity index (χ2n) is 13.3. The summed E-state index contributed by atoms with van der Waals surface area (Å²) in [5.41, 5.74) is 7.46. The predicted molar refractivity (Wildman–Crippen MR) is 195 cm³/mol. The van der Waals surface area contributed by atoms with Crippen LogP contribution in [0.4, 0.5) is 8.78 Å². The van der Waals surface area contributed by atoms with Gasteiger partial charge in [0.25, 0.3) is 0 Å². The van der Waals surface area contributed by atoms with Gasteiger partial charge in [0.2, 0.25) is 0 Å². The number of aromatic nitrogens is 4. The van der Waals surface area contributed by atoms with Crippen LogP contribution in [0.1, 0.15) is 26.3 Å². The van der Waals surface area contributed by atoms with Gasteiger partial charge >= 0.3 is 0 Å². The van der Waals surface area contributed by atoms with Gasteiger partial charge in [0, 0.05) is 39.1 Å². The molecular weight excluding hydrogens is 610 g/mol. The van der Waals surface area contributed by atoms with Crippen molar-refractivity contribution in [2.45, 2.75) is 26.2 Å². The highest BCUT2D eigenvalue weighted by molar-refractivity contribution is 6.10. The number of rotatable bonds is 5. The van der Waals surface area contributed by atoms with Crippen LogP contribution in [0.5, 0.6) is 0 Å². The lowest BCUT2D eigenvalue weighted by Gasteiger charge is -2.20. The quantitative estimate of drug-likeness (QED) is 0.188. The van der Waals surface area contributed by atoms with Gasteiger partial charge in [-0.25, -0.2) is 23.7 Å². The molecule has 49 heavy (non-hydrogen) atoms. The lowest BCUT2D eigenvalue weighted by molar-refractivity contribution is 0.584. The molecule has 6 heteroatoms. The maximum Gasteiger partial charge on any atom is 0.164 e. The van der Waals surface area contributed by atoms with E-state index in [0.29, 0.717) is 28.6 Å². The average molecular weight is 643 g/mol. The largest absolute Gasteiger partial charge is 0.309 e. The van der Waals surface area contributed by atoms with Crippen LogP contribution in [0, 0.1) is 11.6 Å². The first-order valence-corrected chi connectivity index (χ1v) is 16.2. The van der Waals surface area contributed by atoms with Gasteiger partial charge < -0.3 is 4.57 Å². The van der Waals surface area contributed by atoms with E-state index in [0.717, 1.165) is 50.2 Å². The molecule has 0 unspecified atom stereocenters. The summed E-state index contributed by atoms with van der Waals surface area (Å²) in [5, 5.41) is 2.19. The van der Waals surface area contributed by atoms with Gasteiger partial charge in [-0.15, -0.1) is 0 Å². The summed E-state index contributed by atoms with van der Waals surface area (Å²) in [7, 11) is 0. The van der Waals surface area contributed by atoms with Crippen LogP contribution in [-0.2, 0) is 5.41 Å². The molecule has 8 rings (SSSR count). The number of nitrogens with zero attached hydrogens (tertiary/aromatic N) is 4. The molecule has 2 heterocycles. The average Bonchev–Trinajstić information content (AvgIpc) is 3.45. The highest BCUT2D eigenvalue weighted by Gasteiger charge is 2.21. The zero-order chi connectivity index (χ0) is 33.7. The Balaban J connectivity index is 1.43. The molecule has 0 radical (unpaired) electrons. The monoisotopic (exact) mass is 642 g/mol. The summed E-state index contributed by atoms with van der Waals surface area (Å²) in [6.45, 7) is 6.61. The Bertz CT molecular complexity index is 2420. The van der Waals surface area contributed by atoms with E-state index in [-0.39, 0.29) is 5.41 Å². The van der Waals surface area contributed by atoms with Gasteiger partial charge in [-0.1, -0.05) is 118 Å². The summed E-state index contributed by atoms with van der Waals surface area (Å²) in [6, 6.07) is 43.9. The highest BCUT2D eigenvalue weighted by Crippen LogP contribution is 2.40. The Kier molecular flexibility index (Phi) is 7.37. The highest BCUT2D eigenvalue weighted by atomic mass is 19.1. The molecule has 0 atom stereocenters. The normalized spacial score (nSPS) is 11.8. The van der Waals surface area contributed by atoms with Crippen LogP contribution in [0.2, 0.25) is 0 Å². The van der Waals surface area contributed by atoms with Crippen LogP contribution >= 0.6 is 0 Å². The molecule has 0 saturated heterocycles. The van der Waals surface area contributed by atoms with Crippen molar-refractivity contribution in [3.63, 3.8) is 0 Å². The fourth-order valence-electron chi connectivity index (χ4n) is 6.45. The van der Waals surface area contributed by atoms with Gasteiger partial charge in [-0.05, 0) is 52.9 Å². The second kappa shape index (κ2) is 11.9. The second-order valence-corrected chi connectivity index (χ2v) is 13.3.